The monoisotopic (exact) mass is 321 g/mol. The first-order valence-corrected chi connectivity index (χ1v) is 7.51. The average molecular weight is 321 g/mol. The molecule has 0 unspecified atom stereocenters. The summed E-state index contributed by atoms with van der Waals surface area (Å²) in [6.07, 6.45) is 2.00. The summed E-state index contributed by atoms with van der Waals surface area (Å²) in [7, 11) is 0. The lowest BCUT2D eigenvalue weighted by Gasteiger charge is -2.09. The third-order valence-electron chi connectivity index (χ3n) is 3.10. The zero-order chi connectivity index (χ0) is 17.4. The molecule has 0 aliphatic carbocycles. The molecule has 2 rings (SSSR count). The highest BCUT2D eigenvalue weighted by atomic mass is 16.5. The van der Waals surface area contributed by atoms with Crippen LogP contribution in [0.5, 0.6) is 5.75 Å². The number of nitriles is 1. The topological polar surface area (TPSA) is 74.2 Å². The molecule has 2 N–H and O–H groups in total. The predicted molar refractivity (Wildman–Crippen MR) is 95.2 cm³/mol. The van der Waals surface area contributed by atoms with E-state index in [2.05, 4.69) is 10.6 Å². The van der Waals surface area contributed by atoms with E-state index >= 15 is 0 Å². The Labute approximate surface area is 141 Å². The second kappa shape index (κ2) is 8.39. The van der Waals surface area contributed by atoms with Gasteiger partial charge in [0.1, 0.15) is 12.4 Å². The molecule has 2 amide bonds. The SMILES string of the molecule is CC(C)=CCOc1ccc(NC(=O)Nc2cccc(C#N)c2)cc1. The molecule has 0 fully saturated rings. The Balaban J connectivity index is 1.89. The van der Waals surface area contributed by atoms with Gasteiger partial charge < -0.3 is 15.4 Å². The number of rotatable bonds is 5. The van der Waals surface area contributed by atoms with E-state index in [0.717, 1.165) is 5.75 Å². The summed E-state index contributed by atoms with van der Waals surface area (Å²) < 4.78 is 5.56. The number of carbonyl (C=O) groups excluding carboxylic acids is 1. The number of anilines is 2. The number of nitrogens with zero attached hydrogens (tertiary/aromatic N) is 1. The Bertz CT molecular complexity index is 770. The van der Waals surface area contributed by atoms with Crippen LogP contribution in [0.4, 0.5) is 16.2 Å². The van der Waals surface area contributed by atoms with Crippen LogP contribution in [0, 0.1) is 11.3 Å². The lowest BCUT2D eigenvalue weighted by atomic mass is 10.2. The van der Waals surface area contributed by atoms with Crippen LogP contribution in [0.25, 0.3) is 0 Å². The molecule has 0 spiro atoms. The summed E-state index contributed by atoms with van der Waals surface area (Å²) in [5.41, 5.74) is 2.91. The molecule has 0 heterocycles. The van der Waals surface area contributed by atoms with Gasteiger partial charge in [0.15, 0.2) is 0 Å². The molecule has 122 valence electrons. The van der Waals surface area contributed by atoms with Gasteiger partial charge in [-0.15, -0.1) is 0 Å². The van der Waals surface area contributed by atoms with Gasteiger partial charge in [0.2, 0.25) is 0 Å². The van der Waals surface area contributed by atoms with Crippen LogP contribution in [0.2, 0.25) is 0 Å². The fraction of sp³-hybridized carbons (Fsp3) is 0.158. The normalized spacial score (nSPS) is 9.54. The van der Waals surface area contributed by atoms with Crippen molar-refractivity contribution in [3.8, 4) is 11.8 Å². The molecule has 0 atom stereocenters. The van der Waals surface area contributed by atoms with E-state index in [9.17, 15) is 4.79 Å². The van der Waals surface area contributed by atoms with Gasteiger partial charge in [-0.25, -0.2) is 4.79 Å². The lowest BCUT2D eigenvalue weighted by molar-refractivity contribution is 0.262. The van der Waals surface area contributed by atoms with Crippen molar-refractivity contribution in [1.29, 1.82) is 5.26 Å². The van der Waals surface area contributed by atoms with E-state index in [0.29, 0.717) is 23.5 Å². The molecule has 0 aliphatic rings. The van der Waals surface area contributed by atoms with Gasteiger partial charge in [0, 0.05) is 11.4 Å². The van der Waals surface area contributed by atoms with Gasteiger partial charge >= 0.3 is 6.03 Å². The minimum atomic E-state index is -0.372. The minimum Gasteiger partial charge on any atom is -0.490 e. The van der Waals surface area contributed by atoms with Gasteiger partial charge in [-0.05, 0) is 62.4 Å². The first-order chi connectivity index (χ1) is 11.6. The van der Waals surface area contributed by atoms with Crippen molar-refractivity contribution in [1.82, 2.24) is 0 Å². The first-order valence-electron chi connectivity index (χ1n) is 7.51. The van der Waals surface area contributed by atoms with E-state index in [-0.39, 0.29) is 6.03 Å². The Morgan fingerprint density at radius 2 is 1.83 bits per heavy atom. The fourth-order valence-electron chi connectivity index (χ4n) is 1.90. The van der Waals surface area contributed by atoms with Crippen LogP contribution in [0.1, 0.15) is 19.4 Å². The summed E-state index contributed by atoms with van der Waals surface area (Å²) in [5, 5.41) is 14.3. The number of carbonyl (C=O) groups is 1. The highest BCUT2D eigenvalue weighted by molar-refractivity contribution is 5.99. The Morgan fingerprint density at radius 1 is 1.12 bits per heavy atom. The number of hydrogen-bond acceptors (Lipinski definition) is 3. The molecule has 0 aliphatic heterocycles. The van der Waals surface area contributed by atoms with Crippen LogP contribution in [0.15, 0.2) is 60.2 Å². The van der Waals surface area contributed by atoms with Crippen LogP contribution in [-0.2, 0) is 0 Å². The maximum Gasteiger partial charge on any atom is 0.323 e. The quantitative estimate of drug-likeness (QED) is 0.794. The third-order valence-corrected chi connectivity index (χ3v) is 3.10. The Kier molecular flexibility index (Phi) is 5.98. The van der Waals surface area contributed by atoms with Crippen molar-refractivity contribution in [2.75, 3.05) is 17.2 Å². The molecule has 0 aromatic heterocycles. The van der Waals surface area contributed by atoms with Crippen molar-refractivity contribution < 1.29 is 9.53 Å². The van der Waals surface area contributed by atoms with E-state index in [1.165, 1.54) is 5.57 Å². The number of urea groups is 1. The molecule has 0 saturated heterocycles. The Hall–Kier alpha value is -3.26. The smallest absolute Gasteiger partial charge is 0.323 e. The van der Waals surface area contributed by atoms with Crippen molar-refractivity contribution in [3.63, 3.8) is 0 Å². The zero-order valence-corrected chi connectivity index (χ0v) is 13.7. The van der Waals surface area contributed by atoms with Crippen molar-refractivity contribution in [2.45, 2.75) is 13.8 Å². The number of hydrogen-bond donors (Lipinski definition) is 2. The largest absolute Gasteiger partial charge is 0.490 e. The van der Waals surface area contributed by atoms with Crippen LogP contribution < -0.4 is 15.4 Å². The minimum absolute atomic E-state index is 0.372. The van der Waals surface area contributed by atoms with Crippen LogP contribution >= 0.6 is 0 Å². The number of nitrogens with one attached hydrogen (secondary N) is 2. The van der Waals surface area contributed by atoms with Crippen LogP contribution in [0.3, 0.4) is 0 Å². The van der Waals surface area contributed by atoms with E-state index in [4.69, 9.17) is 10.00 Å². The van der Waals surface area contributed by atoms with E-state index in [1.54, 1.807) is 48.5 Å². The summed E-state index contributed by atoms with van der Waals surface area (Å²) >= 11 is 0. The van der Waals surface area contributed by atoms with E-state index in [1.807, 2.05) is 26.0 Å². The zero-order valence-electron chi connectivity index (χ0n) is 13.7. The second-order valence-corrected chi connectivity index (χ2v) is 5.39. The summed E-state index contributed by atoms with van der Waals surface area (Å²) in [6.45, 7) is 4.55. The molecule has 2 aromatic rings. The molecule has 5 nitrogen and oxygen atoms in total. The highest BCUT2D eigenvalue weighted by Crippen LogP contribution is 2.16. The molecule has 2 aromatic carbocycles. The lowest BCUT2D eigenvalue weighted by Crippen LogP contribution is -2.19. The van der Waals surface area contributed by atoms with Gasteiger partial charge in [-0.3, -0.25) is 0 Å². The number of allylic oxidation sites excluding steroid dienone is 1. The van der Waals surface area contributed by atoms with Gasteiger partial charge in [-0.2, -0.15) is 5.26 Å². The second-order valence-electron chi connectivity index (χ2n) is 5.39. The molecule has 24 heavy (non-hydrogen) atoms. The summed E-state index contributed by atoms with van der Waals surface area (Å²) in [6, 6.07) is 15.5. The van der Waals surface area contributed by atoms with Gasteiger partial charge in [0.05, 0.1) is 11.6 Å². The van der Waals surface area contributed by atoms with Crippen molar-refractivity contribution >= 4 is 17.4 Å². The predicted octanol–water partition coefficient (Wildman–Crippen LogP) is 4.55. The number of benzene rings is 2. The molecular formula is C19H19N3O2. The number of ether oxygens (including phenoxy) is 1. The van der Waals surface area contributed by atoms with E-state index < -0.39 is 0 Å². The van der Waals surface area contributed by atoms with Crippen LogP contribution in [-0.4, -0.2) is 12.6 Å². The standard InChI is InChI=1S/C19H19N3O2/c1-14(2)10-11-24-18-8-6-16(7-9-18)21-19(23)22-17-5-3-4-15(12-17)13-20/h3-10,12H,11H2,1-2H3,(H2,21,22,23). The fourth-order valence-corrected chi connectivity index (χ4v) is 1.90. The maximum atomic E-state index is 12.0. The summed E-state index contributed by atoms with van der Waals surface area (Å²) in [4.78, 5) is 12.0. The molecule has 0 radical (unpaired) electrons. The average Bonchev–Trinajstić information content (AvgIpc) is 2.56. The van der Waals surface area contributed by atoms with Crippen molar-refractivity contribution in [3.05, 3.63) is 65.7 Å². The Morgan fingerprint density at radius 3 is 2.50 bits per heavy atom. The summed E-state index contributed by atoms with van der Waals surface area (Å²) in [5.74, 6) is 0.736. The van der Waals surface area contributed by atoms with Gasteiger partial charge in [-0.1, -0.05) is 11.6 Å². The third kappa shape index (κ3) is 5.50. The highest BCUT2D eigenvalue weighted by Gasteiger charge is 2.03. The first kappa shape index (κ1) is 17.1. The maximum absolute atomic E-state index is 12.0. The molecule has 5 heteroatoms. The molecule has 0 bridgehead atoms. The number of amides is 2. The van der Waals surface area contributed by atoms with Crippen molar-refractivity contribution in [2.24, 2.45) is 0 Å². The molecular weight excluding hydrogens is 302 g/mol. The van der Waals surface area contributed by atoms with Gasteiger partial charge in [0.25, 0.3) is 0 Å². The molecule has 0 saturated carbocycles.